The van der Waals surface area contributed by atoms with Gasteiger partial charge in [0.1, 0.15) is 15.7 Å². The minimum absolute atomic E-state index is 0.247. The van der Waals surface area contributed by atoms with Crippen molar-refractivity contribution in [2.24, 2.45) is 0 Å². The number of fused-ring (bicyclic) bond motifs is 1. The van der Waals surface area contributed by atoms with Gasteiger partial charge in [-0.25, -0.2) is 9.97 Å². The Kier molecular flexibility index (Phi) is 5.76. The van der Waals surface area contributed by atoms with Crippen LogP contribution in [0, 0.1) is 13.8 Å². The standard InChI is InChI=1S/C18H25N3OS2/c1-4-14-19-17(16-12(2)13(3)24-18(16)20-14)23-11-15(22)21-9-7-5-6-8-10-21/h4-11H2,1-3H3. The van der Waals surface area contributed by atoms with Crippen molar-refractivity contribution >= 4 is 39.2 Å². The number of nitrogens with zero attached hydrogens (tertiary/aromatic N) is 3. The molecule has 0 atom stereocenters. The largest absolute Gasteiger partial charge is 0.342 e. The van der Waals surface area contributed by atoms with Gasteiger partial charge in [0.05, 0.1) is 5.75 Å². The molecule has 0 saturated carbocycles. The predicted octanol–water partition coefficient (Wildman–Crippen LogP) is 4.37. The van der Waals surface area contributed by atoms with E-state index in [9.17, 15) is 4.79 Å². The number of thiophene rings is 1. The van der Waals surface area contributed by atoms with Gasteiger partial charge in [-0.1, -0.05) is 31.5 Å². The van der Waals surface area contributed by atoms with E-state index in [4.69, 9.17) is 4.98 Å². The third-order valence-electron chi connectivity index (χ3n) is 4.65. The Morgan fingerprint density at radius 1 is 1.17 bits per heavy atom. The van der Waals surface area contributed by atoms with Gasteiger partial charge in [-0.15, -0.1) is 11.3 Å². The number of thioether (sulfide) groups is 1. The van der Waals surface area contributed by atoms with E-state index >= 15 is 0 Å². The zero-order valence-corrected chi connectivity index (χ0v) is 16.4. The van der Waals surface area contributed by atoms with E-state index in [0.717, 1.165) is 53.4 Å². The molecule has 0 aromatic carbocycles. The molecule has 0 unspecified atom stereocenters. The first-order chi connectivity index (χ1) is 11.6. The molecule has 0 spiro atoms. The zero-order valence-electron chi connectivity index (χ0n) is 14.7. The quantitative estimate of drug-likeness (QED) is 0.598. The van der Waals surface area contributed by atoms with Crippen LogP contribution >= 0.6 is 23.1 Å². The molecule has 130 valence electrons. The summed E-state index contributed by atoms with van der Waals surface area (Å²) >= 11 is 3.31. The molecule has 1 amide bonds. The third-order valence-corrected chi connectivity index (χ3v) is 6.71. The summed E-state index contributed by atoms with van der Waals surface area (Å²) in [5.41, 5.74) is 1.25. The molecular formula is C18H25N3OS2. The first-order valence-corrected chi connectivity index (χ1v) is 10.6. The molecule has 1 fully saturated rings. The fraction of sp³-hybridized carbons (Fsp3) is 0.611. The molecule has 0 bridgehead atoms. The van der Waals surface area contributed by atoms with Crippen LogP contribution in [-0.4, -0.2) is 39.6 Å². The fourth-order valence-electron chi connectivity index (χ4n) is 3.06. The van der Waals surface area contributed by atoms with Crippen LogP contribution in [0.3, 0.4) is 0 Å². The van der Waals surface area contributed by atoms with E-state index in [0.29, 0.717) is 5.75 Å². The van der Waals surface area contributed by atoms with Crippen LogP contribution in [0.25, 0.3) is 10.2 Å². The highest BCUT2D eigenvalue weighted by atomic mass is 32.2. The molecule has 2 aromatic rings. The van der Waals surface area contributed by atoms with Gasteiger partial charge in [-0.3, -0.25) is 4.79 Å². The Bertz CT molecular complexity index is 733. The number of aromatic nitrogens is 2. The first-order valence-electron chi connectivity index (χ1n) is 8.77. The maximum atomic E-state index is 12.6. The molecule has 1 saturated heterocycles. The third kappa shape index (κ3) is 3.75. The molecular weight excluding hydrogens is 338 g/mol. The Hall–Kier alpha value is -1.14. The summed E-state index contributed by atoms with van der Waals surface area (Å²) in [4.78, 5) is 26.3. The molecule has 0 N–H and O–H groups in total. The van der Waals surface area contributed by atoms with Crippen LogP contribution in [0.15, 0.2) is 5.03 Å². The first kappa shape index (κ1) is 17.7. The number of likely N-dealkylation sites (tertiary alicyclic amines) is 1. The van der Waals surface area contributed by atoms with Gasteiger partial charge in [0, 0.05) is 29.8 Å². The number of hydrogen-bond donors (Lipinski definition) is 0. The van der Waals surface area contributed by atoms with Crippen molar-refractivity contribution in [1.29, 1.82) is 0 Å². The van der Waals surface area contributed by atoms with Crippen molar-refractivity contribution in [3.8, 4) is 0 Å². The molecule has 0 radical (unpaired) electrons. The highest BCUT2D eigenvalue weighted by Gasteiger charge is 2.19. The lowest BCUT2D eigenvalue weighted by Crippen LogP contribution is -2.33. The summed E-state index contributed by atoms with van der Waals surface area (Å²) in [7, 11) is 0. The van der Waals surface area contributed by atoms with Crippen LogP contribution in [0.4, 0.5) is 0 Å². The van der Waals surface area contributed by atoms with Crippen LogP contribution in [0.2, 0.25) is 0 Å². The topological polar surface area (TPSA) is 46.1 Å². The van der Waals surface area contributed by atoms with E-state index in [1.807, 2.05) is 4.90 Å². The average molecular weight is 364 g/mol. The summed E-state index contributed by atoms with van der Waals surface area (Å²) < 4.78 is 0. The van der Waals surface area contributed by atoms with Gasteiger partial charge in [0.2, 0.25) is 5.91 Å². The van der Waals surface area contributed by atoms with Crippen LogP contribution in [0.1, 0.15) is 48.9 Å². The van der Waals surface area contributed by atoms with Crippen molar-refractivity contribution in [2.75, 3.05) is 18.8 Å². The summed E-state index contributed by atoms with van der Waals surface area (Å²) in [6.07, 6.45) is 5.58. The van der Waals surface area contributed by atoms with Gasteiger partial charge in [-0.05, 0) is 32.3 Å². The number of hydrogen-bond acceptors (Lipinski definition) is 5. The lowest BCUT2D eigenvalue weighted by Gasteiger charge is -2.20. The van der Waals surface area contributed by atoms with Gasteiger partial charge < -0.3 is 4.90 Å². The van der Waals surface area contributed by atoms with E-state index in [1.54, 1.807) is 23.1 Å². The summed E-state index contributed by atoms with van der Waals surface area (Å²) in [5, 5.41) is 2.12. The maximum absolute atomic E-state index is 12.6. The second-order valence-corrected chi connectivity index (χ2v) is 8.51. The molecule has 3 rings (SSSR count). The Labute approximate surface area is 152 Å². The Morgan fingerprint density at radius 2 is 1.88 bits per heavy atom. The predicted molar refractivity (Wildman–Crippen MR) is 102 cm³/mol. The number of rotatable bonds is 4. The van der Waals surface area contributed by atoms with Crippen LogP contribution < -0.4 is 0 Å². The van der Waals surface area contributed by atoms with Gasteiger partial charge in [-0.2, -0.15) is 0 Å². The molecule has 0 aliphatic carbocycles. The molecule has 3 heterocycles. The number of aryl methyl sites for hydroxylation is 3. The van der Waals surface area contributed by atoms with Crippen molar-refractivity contribution < 1.29 is 4.79 Å². The van der Waals surface area contributed by atoms with E-state index < -0.39 is 0 Å². The highest BCUT2D eigenvalue weighted by Crippen LogP contribution is 2.35. The Balaban J connectivity index is 1.80. The number of amides is 1. The summed E-state index contributed by atoms with van der Waals surface area (Å²) in [6.45, 7) is 8.16. The van der Waals surface area contributed by atoms with Crippen molar-refractivity contribution in [1.82, 2.24) is 14.9 Å². The maximum Gasteiger partial charge on any atom is 0.232 e. The van der Waals surface area contributed by atoms with Crippen molar-refractivity contribution in [3.05, 3.63) is 16.3 Å². The second-order valence-electron chi connectivity index (χ2n) is 6.35. The molecule has 6 heteroatoms. The van der Waals surface area contributed by atoms with Gasteiger partial charge in [0.15, 0.2) is 0 Å². The van der Waals surface area contributed by atoms with Crippen LogP contribution in [-0.2, 0) is 11.2 Å². The summed E-state index contributed by atoms with van der Waals surface area (Å²) in [6, 6.07) is 0. The van der Waals surface area contributed by atoms with Crippen LogP contribution in [0.5, 0.6) is 0 Å². The summed E-state index contributed by atoms with van der Waals surface area (Å²) in [5.74, 6) is 1.59. The molecule has 24 heavy (non-hydrogen) atoms. The highest BCUT2D eigenvalue weighted by molar-refractivity contribution is 8.00. The lowest BCUT2D eigenvalue weighted by atomic mass is 10.2. The molecule has 2 aromatic heterocycles. The average Bonchev–Trinajstić information content (AvgIpc) is 2.78. The van der Waals surface area contributed by atoms with E-state index in [2.05, 4.69) is 25.8 Å². The zero-order chi connectivity index (χ0) is 17.1. The SMILES string of the molecule is CCc1nc(SCC(=O)N2CCCCCC2)c2c(C)c(C)sc2n1. The molecule has 1 aliphatic heterocycles. The van der Waals surface area contributed by atoms with Crippen molar-refractivity contribution in [2.45, 2.75) is 57.9 Å². The lowest BCUT2D eigenvalue weighted by molar-refractivity contribution is -0.128. The minimum atomic E-state index is 0.247. The monoisotopic (exact) mass is 363 g/mol. The molecule has 4 nitrogen and oxygen atoms in total. The number of carbonyl (C=O) groups excluding carboxylic acids is 1. The van der Waals surface area contributed by atoms with Gasteiger partial charge in [0.25, 0.3) is 0 Å². The van der Waals surface area contributed by atoms with E-state index in [1.165, 1.54) is 23.3 Å². The Morgan fingerprint density at radius 3 is 2.54 bits per heavy atom. The van der Waals surface area contributed by atoms with E-state index in [-0.39, 0.29) is 5.91 Å². The second kappa shape index (κ2) is 7.83. The van der Waals surface area contributed by atoms with Crippen molar-refractivity contribution in [3.63, 3.8) is 0 Å². The molecule has 1 aliphatic rings. The normalized spacial score (nSPS) is 15.7. The number of carbonyl (C=O) groups is 1. The minimum Gasteiger partial charge on any atom is -0.342 e. The fourth-order valence-corrected chi connectivity index (χ4v) is 5.18. The smallest absolute Gasteiger partial charge is 0.232 e. The van der Waals surface area contributed by atoms with Gasteiger partial charge >= 0.3 is 0 Å².